The van der Waals surface area contributed by atoms with E-state index in [9.17, 15) is 4.79 Å². The number of aliphatic imine (C=N–C) groups is 2. The number of rotatable bonds is 5. The van der Waals surface area contributed by atoms with Crippen molar-refractivity contribution in [3.8, 4) is 17.2 Å². The second-order valence-electron chi connectivity index (χ2n) is 5.61. The number of hydrazone groups is 1. The van der Waals surface area contributed by atoms with Crippen molar-refractivity contribution in [1.82, 2.24) is 5.01 Å². The third kappa shape index (κ3) is 3.30. The number of hydrogen-bond donors (Lipinski definition) is 0. The van der Waals surface area contributed by atoms with Crippen LogP contribution in [0, 0.1) is 0 Å². The summed E-state index contributed by atoms with van der Waals surface area (Å²) in [6.45, 7) is 2.24. The minimum Gasteiger partial charge on any atom is -0.493 e. The number of ether oxygens (including phenoxy) is 3. The van der Waals surface area contributed by atoms with Gasteiger partial charge in [-0.2, -0.15) is 10.1 Å². The molecule has 2 aliphatic rings. The molecule has 8 nitrogen and oxygen atoms in total. The highest BCUT2D eigenvalue weighted by Crippen LogP contribution is 2.38. The van der Waals surface area contributed by atoms with Crippen molar-refractivity contribution in [2.24, 2.45) is 15.1 Å². The van der Waals surface area contributed by atoms with Crippen molar-refractivity contribution in [3.05, 3.63) is 23.8 Å². The van der Waals surface area contributed by atoms with E-state index in [2.05, 4.69) is 15.1 Å². The minimum atomic E-state index is -0.0919. The second kappa shape index (κ2) is 7.38. The summed E-state index contributed by atoms with van der Waals surface area (Å²) in [6, 6.07) is 3.67. The van der Waals surface area contributed by atoms with E-state index in [-0.39, 0.29) is 5.91 Å². The third-order valence-corrected chi connectivity index (χ3v) is 3.97. The molecule has 0 spiro atoms. The van der Waals surface area contributed by atoms with Gasteiger partial charge in [0.25, 0.3) is 5.91 Å². The fraction of sp³-hybridized carbons (Fsp3) is 0.333. The van der Waals surface area contributed by atoms with E-state index >= 15 is 0 Å². The zero-order chi connectivity index (χ0) is 18.7. The fourth-order valence-electron chi connectivity index (χ4n) is 2.64. The summed E-state index contributed by atoms with van der Waals surface area (Å²) in [7, 11) is 4.70. The Bertz CT molecular complexity index is 830. The number of fused-ring (bicyclic) bond motifs is 1. The van der Waals surface area contributed by atoms with Crippen LogP contribution in [0.15, 0.2) is 33.3 Å². The summed E-state index contributed by atoms with van der Waals surface area (Å²) >= 11 is 0. The molecule has 0 N–H and O–H groups in total. The van der Waals surface area contributed by atoms with Gasteiger partial charge in [0.1, 0.15) is 0 Å². The van der Waals surface area contributed by atoms with Crippen LogP contribution in [-0.2, 0) is 4.79 Å². The number of carbonyl (C=O) groups is 1. The molecular formula is C18H20N4O4. The SMILES string of the molecule is COc1cc(/C=C/C2=NC3=NCCC(=O)N3N=C2C)cc(OC)c1OC. The van der Waals surface area contributed by atoms with Crippen molar-refractivity contribution in [1.29, 1.82) is 0 Å². The third-order valence-electron chi connectivity index (χ3n) is 3.97. The monoisotopic (exact) mass is 356 g/mol. The lowest BCUT2D eigenvalue weighted by atomic mass is 10.1. The summed E-state index contributed by atoms with van der Waals surface area (Å²) in [6.07, 6.45) is 4.04. The molecule has 0 radical (unpaired) electrons. The Morgan fingerprint density at radius 2 is 1.77 bits per heavy atom. The molecule has 0 aromatic heterocycles. The first-order chi connectivity index (χ1) is 12.6. The van der Waals surface area contributed by atoms with E-state index in [0.29, 0.717) is 47.6 Å². The number of methoxy groups -OCH3 is 3. The molecule has 0 unspecified atom stereocenters. The van der Waals surface area contributed by atoms with Crippen molar-refractivity contribution >= 4 is 29.4 Å². The average Bonchev–Trinajstić information content (AvgIpc) is 2.66. The quantitative estimate of drug-likeness (QED) is 0.809. The van der Waals surface area contributed by atoms with Crippen LogP contribution in [0.2, 0.25) is 0 Å². The number of guanidine groups is 1. The molecule has 2 aliphatic heterocycles. The summed E-state index contributed by atoms with van der Waals surface area (Å²) in [5.74, 6) is 1.90. The number of benzene rings is 1. The van der Waals surface area contributed by atoms with Gasteiger partial charge < -0.3 is 14.2 Å². The standard InChI is InChI=1S/C18H20N4O4/c1-11-13(20-18-19-8-7-16(23)22(18)21-11)6-5-12-9-14(24-2)17(26-4)15(10-12)25-3/h5-6,9-10H,7-8H2,1-4H3/b6-5+. The molecule has 0 saturated heterocycles. The molecule has 0 aliphatic carbocycles. The van der Waals surface area contributed by atoms with Crippen LogP contribution in [0.5, 0.6) is 17.2 Å². The predicted octanol–water partition coefficient (Wildman–Crippen LogP) is 2.14. The zero-order valence-corrected chi connectivity index (χ0v) is 15.1. The van der Waals surface area contributed by atoms with Crippen molar-refractivity contribution in [2.75, 3.05) is 27.9 Å². The van der Waals surface area contributed by atoms with Gasteiger partial charge in [-0.3, -0.25) is 4.79 Å². The van der Waals surface area contributed by atoms with Crippen LogP contribution in [0.1, 0.15) is 18.9 Å². The Hall–Kier alpha value is -3.16. The number of allylic oxidation sites excluding steroid dienone is 1. The van der Waals surface area contributed by atoms with E-state index in [1.807, 2.05) is 24.3 Å². The maximum atomic E-state index is 11.9. The van der Waals surface area contributed by atoms with E-state index in [0.717, 1.165) is 5.56 Å². The highest BCUT2D eigenvalue weighted by atomic mass is 16.5. The van der Waals surface area contributed by atoms with E-state index in [4.69, 9.17) is 14.2 Å². The van der Waals surface area contributed by atoms with Crippen LogP contribution in [-0.4, -0.2) is 56.2 Å². The Labute approximate surface area is 151 Å². The van der Waals surface area contributed by atoms with Crippen LogP contribution >= 0.6 is 0 Å². The maximum Gasteiger partial charge on any atom is 0.251 e. The van der Waals surface area contributed by atoms with Crippen LogP contribution in [0.3, 0.4) is 0 Å². The lowest BCUT2D eigenvalue weighted by Crippen LogP contribution is -2.40. The summed E-state index contributed by atoms with van der Waals surface area (Å²) in [4.78, 5) is 20.6. The second-order valence-corrected chi connectivity index (χ2v) is 5.61. The summed E-state index contributed by atoms with van der Waals surface area (Å²) < 4.78 is 16.0. The van der Waals surface area contributed by atoms with Gasteiger partial charge in [0.05, 0.1) is 39.3 Å². The number of carbonyl (C=O) groups excluding carboxylic acids is 1. The van der Waals surface area contributed by atoms with Gasteiger partial charge >= 0.3 is 0 Å². The average molecular weight is 356 g/mol. The number of hydrogen-bond acceptors (Lipinski definition) is 7. The largest absolute Gasteiger partial charge is 0.493 e. The van der Waals surface area contributed by atoms with Crippen LogP contribution in [0.4, 0.5) is 0 Å². The fourth-order valence-corrected chi connectivity index (χ4v) is 2.64. The van der Waals surface area contributed by atoms with Gasteiger partial charge in [-0.15, -0.1) is 0 Å². The van der Waals surface area contributed by atoms with Gasteiger partial charge in [-0.1, -0.05) is 6.08 Å². The molecule has 1 aromatic carbocycles. The lowest BCUT2D eigenvalue weighted by Gasteiger charge is -2.24. The van der Waals surface area contributed by atoms with Crippen LogP contribution in [0.25, 0.3) is 6.08 Å². The first kappa shape index (κ1) is 17.7. The number of amides is 1. The molecule has 0 fully saturated rings. The summed E-state index contributed by atoms with van der Waals surface area (Å²) in [5, 5.41) is 5.55. The normalized spacial score (nSPS) is 16.7. The van der Waals surface area contributed by atoms with Gasteiger partial charge in [0.15, 0.2) is 11.5 Å². The molecule has 1 amide bonds. The van der Waals surface area contributed by atoms with Gasteiger partial charge in [-0.05, 0) is 30.7 Å². The molecular weight excluding hydrogens is 336 g/mol. The Morgan fingerprint density at radius 1 is 1.08 bits per heavy atom. The molecule has 3 rings (SSSR count). The molecule has 0 atom stereocenters. The zero-order valence-electron chi connectivity index (χ0n) is 15.1. The Kier molecular flexibility index (Phi) is 5.01. The molecule has 0 bridgehead atoms. The van der Waals surface area contributed by atoms with Crippen molar-refractivity contribution < 1.29 is 19.0 Å². The Balaban J connectivity index is 1.92. The summed E-state index contributed by atoms with van der Waals surface area (Å²) in [5.41, 5.74) is 2.13. The first-order valence-corrected chi connectivity index (χ1v) is 8.07. The molecule has 8 heteroatoms. The molecule has 2 heterocycles. The smallest absolute Gasteiger partial charge is 0.251 e. The number of nitrogens with zero attached hydrogens (tertiary/aromatic N) is 4. The van der Waals surface area contributed by atoms with Crippen LogP contribution < -0.4 is 14.2 Å². The van der Waals surface area contributed by atoms with E-state index < -0.39 is 0 Å². The molecule has 136 valence electrons. The minimum absolute atomic E-state index is 0.0919. The van der Waals surface area contributed by atoms with E-state index in [1.165, 1.54) is 5.01 Å². The molecule has 0 saturated carbocycles. The highest BCUT2D eigenvalue weighted by Gasteiger charge is 2.27. The Morgan fingerprint density at radius 3 is 2.38 bits per heavy atom. The first-order valence-electron chi connectivity index (χ1n) is 8.07. The molecule has 26 heavy (non-hydrogen) atoms. The maximum absolute atomic E-state index is 11.9. The van der Waals surface area contributed by atoms with E-state index in [1.54, 1.807) is 28.3 Å². The lowest BCUT2D eigenvalue weighted by molar-refractivity contribution is -0.127. The highest BCUT2D eigenvalue weighted by molar-refractivity contribution is 6.48. The topological polar surface area (TPSA) is 85.1 Å². The van der Waals surface area contributed by atoms with Crippen molar-refractivity contribution in [2.45, 2.75) is 13.3 Å². The molecule has 1 aromatic rings. The van der Waals surface area contributed by atoms with Crippen molar-refractivity contribution in [3.63, 3.8) is 0 Å². The van der Waals surface area contributed by atoms with Gasteiger partial charge in [0.2, 0.25) is 11.7 Å². The van der Waals surface area contributed by atoms with Gasteiger partial charge in [-0.25, -0.2) is 9.98 Å². The van der Waals surface area contributed by atoms with Gasteiger partial charge in [0, 0.05) is 6.42 Å². The predicted molar refractivity (Wildman–Crippen MR) is 99.4 cm³/mol.